The maximum atomic E-state index is 11.2. The Bertz CT molecular complexity index is 1060. The number of ether oxygens (including phenoxy) is 1. The van der Waals surface area contributed by atoms with Crippen molar-refractivity contribution in [3.8, 4) is 17.0 Å². The van der Waals surface area contributed by atoms with E-state index in [4.69, 9.17) is 4.74 Å². The molecule has 0 fully saturated rings. The van der Waals surface area contributed by atoms with Gasteiger partial charge in [-0.05, 0) is 23.8 Å². The molecule has 2 aromatic heterocycles. The van der Waals surface area contributed by atoms with Gasteiger partial charge < -0.3 is 9.84 Å². The van der Waals surface area contributed by atoms with E-state index in [1.165, 1.54) is 11.3 Å². The molecular weight excluding hydrogens is 324 g/mol. The third-order valence-electron chi connectivity index (χ3n) is 3.87. The number of rotatable bonds is 4. The molecule has 2 aromatic carbocycles. The van der Waals surface area contributed by atoms with Crippen molar-refractivity contribution in [2.45, 2.75) is 6.92 Å². The lowest BCUT2D eigenvalue weighted by Crippen LogP contribution is -1.97. The molecule has 4 rings (SSSR count). The van der Waals surface area contributed by atoms with Gasteiger partial charge in [-0.15, -0.1) is 11.3 Å². The maximum absolute atomic E-state index is 11.2. The molecule has 2 heterocycles. The SMILES string of the molecule is CCOc1ccc2ccccc2c1-c1csc2nc(C(=O)O)cn12. The molecule has 120 valence electrons. The number of benzene rings is 2. The van der Waals surface area contributed by atoms with Gasteiger partial charge in [0.05, 0.1) is 12.3 Å². The molecule has 4 aromatic rings. The Hall–Kier alpha value is -2.86. The fraction of sp³-hybridized carbons (Fsp3) is 0.111. The first-order valence-electron chi connectivity index (χ1n) is 7.54. The van der Waals surface area contributed by atoms with Crippen molar-refractivity contribution >= 4 is 33.0 Å². The van der Waals surface area contributed by atoms with Gasteiger partial charge in [0.15, 0.2) is 10.7 Å². The molecule has 6 heteroatoms. The highest BCUT2D eigenvalue weighted by molar-refractivity contribution is 7.15. The van der Waals surface area contributed by atoms with Crippen LogP contribution in [0, 0.1) is 0 Å². The zero-order valence-electron chi connectivity index (χ0n) is 12.9. The van der Waals surface area contributed by atoms with Gasteiger partial charge in [0.25, 0.3) is 0 Å². The highest BCUT2D eigenvalue weighted by atomic mass is 32.1. The minimum Gasteiger partial charge on any atom is -0.493 e. The summed E-state index contributed by atoms with van der Waals surface area (Å²) in [6, 6.07) is 12.1. The van der Waals surface area contributed by atoms with Gasteiger partial charge in [-0.2, -0.15) is 0 Å². The number of imidazole rings is 1. The number of nitrogens with zero attached hydrogens (tertiary/aromatic N) is 2. The van der Waals surface area contributed by atoms with E-state index < -0.39 is 5.97 Å². The number of hydrogen-bond acceptors (Lipinski definition) is 4. The fourth-order valence-corrected chi connectivity index (χ4v) is 3.72. The number of fused-ring (bicyclic) bond motifs is 2. The van der Waals surface area contributed by atoms with Crippen LogP contribution in [0.3, 0.4) is 0 Å². The number of hydrogen-bond donors (Lipinski definition) is 1. The average Bonchev–Trinajstić information content (AvgIpc) is 3.16. The van der Waals surface area contributed by atoms with Crippen molar-refractivity contribution in [1.29, 1.82) is 0 Å². The summed E-state index contributed by atoms with van der Waals surface area (Å²) in [5.41, 5.74) is 1.88. The molecule has 0 bridgehead atoms. The predicted molar refractivity (Wildman–Crippen MR) is 94.1 cm³/mol. The largest absolute Gasteiger partial charge is 0.493 e. The van der Waals surface area contributed by atoms with Crippen LogP contribution in [0.25, 0.3) is 27.0 Å². The second-order valence-corrected chi connectivity index (χ2v) is 6.13. The van der Waals surface area contributed by atoms with E-state index in [0.717, 1.165) is 27.8 Å². The molecule has 0 spiro atoms. The van der Waals surface area contributed by atoms with E-state index in [2.05, 4.69) is 11.1 Å². The van der Waals surface area contributed by atoms with Crippen molar-refractivity contribution in [2.24, 2.45) is 0 Å². The zero-order chi connectivity index (χ0) is 16.7. The van der Waals surface area contributed by atoms with E-state index in [9.17, 15) is 9.90 Å². The fourth-order valence-electron chi connectivity index (χ4n) is 2.86. The Kier molecular flexibility index (Phi) is 3.46. The first kappa shape index (κ1) is 14.7. The lowest BCUT2D eigenvalue weighted by atomic mass is 10.0. The van der Waals surface area contributed by atoms with E-state index in [-0.39, 0.29) is 5.69 Å². The normalized spacial score (nSPS) is 11.2. The van der Waals surface area contributed by atoms with Gasteiger partial charge >= 0.3 is 5.97 Å². The molecule has 0 atom stereocenters. The highest BCUT2D eigenvalue weighted by Gasteiger charge is 2.18. The third kappa shape index (κ3) is 2.23. The summed E-state index contributed by atoms with van der Waals surface area (Å²) in [7, 11) is 0. The molecule has 0 amide bonds. The highest BCUT2D eigenvalue weighted by Crippen LogP contribution is 2.39. The summed E-state index contributed by atoms with van der Waals surface area (Å²) in [4.78, 5) is 16.0. The summed E-state index contributed by atoms with van der Waals surface area (Å²) >= 11 is 1.42. The summed E-state index contributed by atoms with van der Waals surface area (Å²) in [6.07, 6.45) is 1.56. The van der Waals surface area contributed by atoms with E-state index in [1.807, 2.05) is 47.0 Å². The Balaban J connectivity index is 2.04. The van der Waals surface area contributed by atoms with Crippen molar-refractivity contribution in [2.75, 3.05) is 6.61 Å². The van der Waals surface area contributed by atoms with Crippen LogP contribution in [0.4, 0.5) is 0 Å². The van der Waals surface area contributed by atoms with E-state index in [0.29, 0.717) is 11.6 Å². The van der Waals surface area contributed by atoms with E-state index >= 15 is 0 Å². The topological polar surface area (TPSA) is 63.8 Å². The van der Waals surface area contributed by atoms with Crippen LogP contribution < -0.4 is 4.74 Å². The summed E-state index contributed by atoms with van der Waals surface area (Å²) in [5, 5.41) is 13.3. The molecule has 0 saturated carbocycles. The van der Waals surface area contributed by atoms with Crippen LogP contribution in [0.1, 0.15) is 17.4 Å². The number of carbonyl (C=O) groups is 1. The first-order valence-corrected chi connectivity index (χ1v) is 8.42. The summed E-state index contributed by atoms with van der Waals surface area (Å²) in [6.45, 7) is 2.50. The van der Waals surface area contributed by atoms with Gasteiger partial charge in [0.2, 0.25) is 0 Å². The lowest BCUT2D eigenvalue weighted by Gasteiger charge is -2.13. The smallest absolute Gasteiger partial charge is 0.356 e. The number of carboxylic acids is 1. The quantitative estimate of drug-likeness (QED) is 0.602. The predicted octanol–water partition coefficient (Wildman–Crippen LogP) is 4.31. The van der Waals surface area contributed by atoms with Gasteiger partial charge in [0.1, 0.15) is 5.75 Å². The van der Waals surface area contributed by atoms with Crippen LogP contribution in [0.15, 0.2) is 48.0 Å². The third-order valence-corrected chi connectivity index (χ3v) is 4.71. The molecule has 24 heavy (non-hydrogen) atoms. The number of thiazole rings is 1. The van der Waals surface area contributed by atoms with Crippen molar-refractivity contribution in [1.82, 2.24) is 9.38 Å². The van der Waals surface area contributed by atoms with Crippen molar-refractivity contribution in [3.05, 3.63) is 53.7 Å². The van der Waals surface area contributed by atoms with Crippen LogP contribution in [0.2, 0.25) is 0 Å². The van der Waals surface area contributed by atoms with Crippen LogP contribution in [-0.4, -0.2) is 27.1 Å². The Labute approximate surface area is 141 Å². The van der Waals surface area contributed by atoms with Crippen LogP contribution in [0.5, 0.6) is 5.75 Å². The second kappa shape index (κ2) is 5.65. The molecule has 5 nitrogen and oxygen atoms in total. The summed E-state index contributed by atoms with van der Waals surface area (Å²) < 4.78 is 7.64. The van der Waals surface area contributed by atoms with Gasteiger partial charge in [-0.1, -0.05) is 30.3 Å². The molecule has 0 aliphatic heterocycles. The minimum absolute atomic E-state index is 0.0429. The number of aromatic carboxylic acids is 1. The average molecular weight is 338 g/mol. The molecule has 0 aliphatic rings. The molecule has 0 unspecified atom stereocenters. The van der Waals surface area contributed by atoms with Crippen LogP contribution >= 0.6 is 11.3 Å². The molecular formula is C18H14N2O3S. The maximum Gasteiger partial charge on any atom is 0.356 e. The van der Waals surface area contributed by atoms with Gasteiger partial charge in [0, 0.05) is 17.1 Å². The van der Waals surface area contributed by atoms with Gasteiger partial charge in [-0.25, -0.2) is 9.78 Å². The van der Waals surface area contributed by atoms with Gasteiger partial charge in [-0.3, -0.25) is 4.40 Å². The Morgan fingerprint density at radius 3 is 2.92 bits per heavy atom. The molecule has 0 saturated heterocycles. The zero-order valence-corrected chi connectivity index (χ0v) is 13.7. The Morgan fingerprint density at radius 1 is 1.29 bits per heavy atom. The summed E-state index contributed by atoms with van der Waals surface area (Å²) in [5.74, 6) is -0.249. The first-order chi connectivity index (χ1) is 11.7. The lowest BCUT2D eigenvalue weighted by molar-refractivity contribution is 0.0691. The van der Waals surface area contributed by atoms with Crippen molar-refractivity contribution in [3.63, 3.8) is 0 Å². The molecule has 0 aliphatic carbocycles. The van der Waals surface area contributed by atoms with Crippen molar-refractivity contribution < 1.29 is 14.6 Å². The minimum atomic E-state index is -1.03. The standard InChI is InChI=1S/C18H14N2O3S/c1-2-23-15-8-7-11-5-3-4-6-12(11)16(15)14-10-24-18-19-13(17(21)22)9-20(14)18/h3-10H,2H2,1H3,(H,21,22). The van der Waals surface area contributed by atoms with E-state index in [1.54, 1.807) is 6.20 Å². The second-order valence-electron chi connectivity index (χ2n) is 5.30. The molecule has 0 radical (unpaired) electrons. The number of carboxylic acid groups (broad SMARTS) is 1. The monoisotopic (exact) mass is 338 g/mol. The number of aromatic nitrogens is 2. The molecule has 1 N–H and O–H groups in total. The van der Waals surface area contributed by atoms with Crippen LogP contribution in [-0.2, 0) is 0 Å². The Morgan fingerprint density at radius 2 is 2.12 bits per heavy atom.